The lowest BCUT2D eigenvalue weighted by Gasteiger charge is -2.28. The minimum absolute atomic E-state index is 0.362. The Balaban J connectivity index is 1.92. The maximum absolute atomic E-state index is 14.1. The minimum Gasteiger partial charge on any atom is -0.459 e. The first kappa shape index (κ1) is 32.1. The van der Waals surface area contributed by atoms with Gasteiger partial charge in [-0.05, 0) is 89.1 Å². The molecular formula is C32H44N6O4S. The van der Waals surface area contributed by atoms with Crippen molar-refractivity contribution in [1.82, 2.24) is 19.8 Å². The molecule has 4 rings (SSSR count). The van der Waals surface area contributed by atoms with Crippen LogP contribution in [0.5, 0.6) is 0 Å². The van der Waals surface area contributed by atoms with E-state index in [1.165, 1.54) is 0 Å². The number of carbonyl (C=O) groups excluding carboxylic acids is 1. The second kappa shape index (κ2) is 11.7. The van der Waals surface area contributed by atoms with Crippen molar-refractivity contribution in [2.24, 2.45) is 0 Å². The number of ether oxygens (including phenoxy) is 1. The van der Waals surface area contributed by atoms with Gasteiger partial charge in [0.15, 0.2) is 11.5 Å². The molecule has 4 aromatic rings. The van der Waals surface area contributed by atoms with Gasteiger partial charge >= 0.3 is 5.97 Å². The number of aromatic amines is 1. The molecule has 232 valence electrons. The third-order valence-corrected chi connectivity index (χ3v) is 7.76. The minimum atomic E-state index is -3.40. The van der Waals surface area contributed by atoms with Gasteiger partial charge in [-0.15, -0.1) is 5.10 Å². The van der Waals surface area contributed by atoms with Crippen LogP contribution in [0, 0.1) is 6.92 Å². The smallest absolute Gasteiger partial charge is 0.318 e. The second-order valence-corrected chi connectivity index (χ2v) is 14.7. The topological polar surface area (TPSA) is 122 Å². The van der Waals surface area contributed by atoms with E-state index in [-0.39, 0.29) is 11.4 Å². The van der Waals surface area contributed by atoms with Crippen LogP contribution in [-0.4, -0.2) is 59.1 Å². The second-order valence-electron chi connectivity index (χ2n) is 13.0. The number of fused-ring (bicyclic) bond motifs is 1. The molecule has 2 N–H and O–H groups in total. The summed E-state index contributed by atoms with van der Waals surface area (Å²) in [5.74, 6) is -0.680. The van der Waals surface area contributed by atoms with Crippen LogP contribution in [0.1, 0.15) is 83.7 Å². The summed E-state index contributed by atoms with van der Waals surface area (Å²) >= 11 is 0. The Morgan fingerprint density at radius 3 is 2.19 bits per heavy atom. The van der Waals surface area contributed by atoms with Gasteiger partial charge in [0.05, 0.1) is 6.26 Å². The number of esters is 1. The molecule has 0 radical (unpaired) electrons. The first-order valence-corrected chi connectivity index (χ1v) is 16.5. The molecular weight excluding hydrogens is 564 g/mol. The summed E-state index contributed by atoms with van der Waals surface area (Å²) in [5.41, 5.74) is 5.09. The van der Waals surface area contributed by atoms with Gasteiger partial charge < -0.3 is 9.64 Å². The van der Waals surface area contributed by atoms with Gasteiger partial charge in [-0.2, -0.15) is 4.63 Å². The largest absolute Gasteiger partial charge is 0.459 e. The zero-order chi connectivity index (χ0) is 31.9. The molecule has 0 aliphatic rings. The van der Waals surface area contributed by atoms with Crippen molar-refractivity contribution < 1.29 is 17.9 Å². The maximum atomic E-state index is 14.1. The Kier molecular flexibility index (Phi) is 8.70. The molecule has 1 unspecified atom stereocenters. The zero-order valence-corrected chi connectivity index (χ0v) is 27.7. The summed E-state index contributed by atoms with van der Waals surface area (Å²) in [6.07, 6.45) is 1.11. The van der Waals surface area contributed by atoms with E-state index in [2.05, 4.69) is 61.5 Å². The summed E-state index contributed by atoms with van der Waals surface area (Å²) in [7, 11) is -3.40. The fourth-order valence-electron chi connectivity index (χ4n) is 5.24. The fraction of sp³-hybridized carbons (Fsp3) is 0.469. The molecule has 11 heteroatoms. The number of benzene rings is 2. The molecule has 2 aromatic carbocycles. The highest BCUT2D eigenvalue weighted by molar-refractivity contribution is 7.92. The van der Waals surface area contributed by atoms with Crippen LogP contribution in [0.4, 0.5) is 11.4 Å². The molecule has 0 saturated carbocycles. The van der Waals surface area contributed by atoms with Crippen LogP contribution < -0.4 is 9.62 Å². The fourth-order valence-corrected chi connectivity index (χ4v) is 5.81. The lowest BCUT2D eigenvalue weighted by Crippen LogP contribution is -2.30. The molecule has 0 aliphatic heterocycles. The lowest BCUT2D eigenvalue weighted by atomic mass is 9.81. The Labute approximate surface area is 254 Å². The Morgan fingerprint density at radius 2 is 1.67 bits per heavy atom. The number of H-pyrrole nitrogens is 1. The predicted molar refractivity (Wildman–Crippen MR) is 172 cm³/mol. The molecule has 10 nitrogen and oxygen atoms in total. The third kappa shape index (κ3) is 7.21. The third-order valence-electron chi connectivity index (χ3n) is 7.16. The van der Waals surface area contributed by atoms with Gasteiger partial charge in [-0.3, -0.25) is 14.6 Å². The molecule has 0 aliphatic carbocycles. The number of carbonyl (C=O) groups is 1. The molecule has 2 heterocycles. The number of hydrogen-bond acceptors (Lipinski definition) is 7. The monoisotopic (exact) mass is 608 g/mol. The Bertz CT molecular complexity index is 1720. The van der Waals surface area contributed by atoms with Gasteiger partial charge in [0, 0.05) is 46.7 Å². The molecule has 0 amide bonds. The molecule has 0 fully saturated rings. The number of hydrogen-bond donors (Lipinski definition) is 2. The maximum Gasteiger partial charge on any atom is 0.318 e. The van der Waals surface area contributed by atoms with Crippen LogP contribution in [0.15, 0.2) is 42.5 Å². The molecule has 2 aromatic heterocycles. The number of nitrogens with one attached hydrogen (secondary N) is 2. The average Bonchev–Trinajstić information content (AvgIpc) is 3.44. The van der Waals surface area contributed by atoms with Gasteiger partial charge in [0.25, 0.3) is 0 Å². The van der Waals surface area contributed by atoms with E-state index in [1.54, 1.807) is 28.9 Å². The van der Waals surface area contributed by atoms with Crippen molar-refractivity contribution in [3.8, 4) is 11.4 Å². The van der Waals surface area contributed by atoms with Gasteiger partial charge in [-0.25, -0.2) is 13.4 Å². The van der Waals surface area contributed by atoms with E-state index < -0.39 is 21.5 Å². The molecule has 43 heavy (non-hydrogen) atoms. The van der Waals surface area contributed by atoms with Crippen LogP contribution >= 0.6 is 0 Å². The number of anilines is 2. The van der Waals surface area contributed by atoms with Crippen molar-refractivity contribution in [2.45, 2.75) is 79.2 Å². The van der Waals surface area contributed by atoms with E-state index in [9.17, 15) is 13.2 Å². The highest BCUT2D eigenvalue weighted by Gasteiger charge is 2.38. The quantitative estimate of drug-likeness (QED) is 0.223. The van der Waals surface area contributed by atoms with Crippen molar-refractivity contribution in [3.05, 3.63) is 64.8 Å². The van der Waals surface area contributed by atoms with Crippen molar-refractivity contribution in [3.63, 3.8) is 0 Å². The van der Waals surface area contributed by atoms with Crippen LogP contribution in [0.3, 0.4) is 0 Å². The normalized spacial score (nSPS) is 13.3. The van der Waals surface area contributed by atoms with Gasteiger partial charge in [0.2, 0.25) is 10.0 Å². The molecule has 0 saturated heterocycles. The van der Waals surface area contributed by atoms with Crippen LogP contribution in [0.25, 0.3) is 17.0 Å². The molecule has 0 bridgehead atoms. The van der Waals surface area contributed by atoms with Crippen molar-refractivity contribution >= 4 is 33.0 Å². The summed E-state index contributed by atoms with van der Waals surface area (Å²) in [6.45, 7) is 19.9. The van der Waals surface area contributed by atoms with E-state index in [1.807, 2.05) is 33.8 Å². The average molecular weight is 609 g/mol. The molecule has 0 spiro atoms. The highest BCUT2D eigenvalue weighted by Crippen LogP contribution is 2.40. The standard InChI is InChI=1S/C32H44N6O4S/c1-11-37(12-2)23-17-18-24(20(3)19-23)25(30(39)42-32(7,8)9)26-27(31(4,5)6)34-38-29(26)33-28(35-38)21-13-15-22(16-14-21)36-43(10,40)41/h13-19,25,34,36H,11-12H2,1-10H3. The van der Waals surface area contributed by atoms with Crippen molar-refractivity contribution in [2.75, 3.05) is 29.0 Å². The van der Waals surface area contributed by atoms with Crippen molar-refractivity contribution in [1.29, 1.82) is 0 Å². The Hall–Kier alpha value is -3.86. The van der Waals surface area contributed by atoms with E-state index >= 15 is 0 Å². The SMILES string of the molecule is CCN(CC)c1ccc(C(C(=O)OC(C)(C)C)c2c(C(C)(C)C)[nH]n3nc(-c4ccc(NS(C)(=O)=O)cc4)nc23)c(C)c1. The zero-order valence-electron chi connectivity index (χ0n) is 26.9. The summed E-state index contributed by atoms with van der Waals surface area (Å²) in [6, 6.07) is 13.1. The number of aromatic nitrogens is 4. The predicted octanol–water partition coefficient (Wildman–Crippen LogP) is 6.02. The van der Waals surface area contributed by atoms with E-state index in [0.29, 0.717) is 22.7 Å². The first-order valence-electron chi connectivity index (χ1n) is 14.6. The molecule has 1 atom stereocenters. The van der Waals surface area contributed by atoms with E-state index in [4.69, 9.17) is 14.8 Å². The number of sulfonamides is 1. The summed E-state index contributed by atoms with van der Waals surface area (Å²) in [4.78, 5) is 21.3. The highest BCUT2D eigenvalue weighted by atomic mass is 32.2. The number of rotatable bonds is 9. The van der Waals surface area contributed by atoms with Gasteiger partial charge in [0.1, 0.15) is 11.5 Å². The van der Waals surface area contributed by atoms with E-state index in [0.717, 1.165) is 47.4 Å². The lowest BCUT2D eigenvalue weighted by molar-refractivity contribution is -0.155. The van der Waals surface area contributed by atoms with Gasteiger partial charge in [-0.1, -0.05) is 26.8 Å². The number of aryl methyl sites for hydroxylation is 1. The Morgan fingerprint density at radius 1 is 1.05 bits per heavy atom. The van der Waals surface area contributed by atoms with Crippen LogP contribution in [0.2, 0.25) is 0 Å². The number of nitrogens with zero attached hydrogens (tertiary/aromatic N) is 4. The van der Waals surface area contributed by atoms with Crippen LogP contribution in [-0.2, 0) is 25.0 Å². The summed E-state index contributed by atoms with van der Waals surface area (Å²) < 4.78 is 33.4. The summed E-state index contributed by atoms with van der Waals surface area (Å²) in [5, 5.41) is 8.13. The first-order chi connectivity index (χ1) is 19.9.